The Morgan fingerprint density at radius 3 is 2.78 bits per heavy atom. The van der Waals surface area contributed by atoms with Crippen molar-refractivity contribution >= 4 is 33.5 Å². The first-order chi connectivity index (χ1) is 8.60. The summed E-state index contributed by atoms with van der Waals surface area (Å²) in [5, 5.41) is 0.928. The molecule has 2 N–H and O–H groups in total. The largest absolute Gasteiger partial charge is 0.383 e. The molecule has 0 bridgehead atoms. The third kappa shape index (κ3) is 3.03. The fourth-order valence-electron chi connectivity index (χ4n) is 1.46. The number of halogens is 1. The van der Waals surface area contributed by atoms with Gasteiger partial charge in [-0.2, -0.15) is 0 Å². The standard InChI is InChI=1S/C13H14BrN3S/c1-3-11-16-12(15)8(2)13(17-11)18-10-6-4-5-9(14)7-10/h4-7H,3H2,1-2H3,(H2,15,16,17). The van der Waals surface area contributed by atoms with Crippen molar-refractivity contribution in [3.05, 3.63) is 40.1 Å². The number of nitrogens with two attached hydrogens (primary N) is 1. The van der Waals surface area contributed by atoms with Crippen LogP contribution in [-0.4, -0.2) is 9.97 Å². The Morgan fingerprint density at radius 1 is 1.33 bits per heavy atom. The van der Waals surface area contributed by atoms with Gasteiger partial charge in [0.1, 0.15) is 16.7 Å². The summed E-state index contributed by atoms with van der Waals surface area (Å²) in [5.74, 6) is 1.36. The molecule has 0 aliphatic heterocycles. The summed E-state index contributed by atoms with van der Waals surface area (Å²) >= 11 is 5.08. The molecule has 0 unspecified atom stereocenters. The molecule has 3 nitrogen and oxygen atoms in total. The Labute approximate surface area is 119 Å². The summed E-state index contributed by atoms with van der Waals surface area (Å²) in [4.78, 5) is 9.92. The van der Waals surface area contributed by atoms with Crippen molar-refractivity contribution in [3.8, 4) is 0 Å². The molecule has 0 saturated heterocycles. The minimum Gasteiger partial charge on any atom is -0.383 e. The van der Waals surface area contributed by atoms with Gasteiger partial charge in [-0.15, -0.1) is 0 Å². The molecular formula is C13H14BrN3S. The molecule has 0 aliphatic rings. The molecule has 0 radical (unpaired) electrons. The zero-order valence-corrected chi connectivity index (χ0v) is 12.7. The van der Waals surface area contributed by atoms with Gasteiger partial charge in [0.15, 0.2) is 0 Å². The molecule has 1 aromatic heterocycles. The fourth-order valence-corrected chi connectivity index (χ4v) is 2.97. The molecule has 18 heavy (non-hydrogen) atoms. The van der Waals surface area contributed by atoms with Gasteiger partial charge in [-0.3, -0.25) is 0 Å². The minimum atomic E-state index is 0.569. The smallest absolute Gasteiger partial charge is 0.131 e. The maximum Gasteiger partial charge on any atom is 0.131 e. The molecule has 0 aliphatic carbocycles. The van der Waals surface area contributed by atoms with E-state index >= 15 is 0 Å². The lowest BCUT2D eigenvalue weighted by atomic mass is 10.3. The Bertz CT molecular complexity index is 572. The lowest BCUT2D eigenvalue weighted by Crippen LogP contribution is -2.03. The number of nitrogens with zero attached hydrogens (tertiary/aromatic N) is 2. The van der Waals surface area contributed by atoms with Crippen LogP contribution in [0, 0.1) is 6.92 Å². The summed E-state index contributed by atoms with van der Waals surface area (Å²) in [6.07, 6.45) is 0.788. The molecule has 2 aromatic rings. The van der Waals surface area contributed by atoms with Crippen LogP contribution in [0.15, 0.2) is 38.7 Å². The number of aryl methyl sites for hydroxylation is 1. The van der Waals surface area contributed by atoms with Crippen molar-refractivity contribution in [3.63, 3.8) is 0 Å². The van der Waals surface area contributed by atoms with Gasteiger partial charge in [-0.1, -0.05) is 40.7 Å². The number of nitrogen functional groups attached to an aromatic ring is 1. The van der Waals surface area contributed by atoms with Crippen LogP contribution in [-0.2, 0) is 6.42 Å². The van der Waals surface area contributed by atoms with E-state index in [1.165, 1.54) is 0 Å². The van der Waals surface area contributed by atoms with Gasteiger partial charge >= 0.3 is 0 Å². The summed E-state index contributed by atoms with van der Waals surface area (Å²) in [6.45, 7) is 3.98. The van der Waals surface area contributed by atoms with E-state index in [-0.39, 0.29) is 0 Å². The predicted octanol–water partition coefficient (Wildman–Crippen LogP) is 3.84. The normalized spacial score (nSPS) is 10.6. The maximum absolute atomic E-state index is 5.91. The second-order valence-electron chi connectivity index (χ2n) is 3.87. The van der Waals surface area contributed by atoms with Crippen LogP contribution in [0.3, 0.4) is 0 Å². The summed E-state index contributed by atoms with van der Waals surface area (Å²) < 4.78 is 1.06. The highest BCUT2D eigenvalue weighted by molar-refractivity contribution is 9.10. The Balaban J connectivity index is 2.36. The number of rotatable bonds is 3. The van der Waals surface area contributed by atoms with Gasteiger partial charge in [0.05, 0.1) is 0 Å². The quantitative estimate of drug-likeness (QED) is 0.872. The topological polar surface area (TPSA) is 51.8 Å². The van der Waals surface area contributed by atoms with Crippen LogP contribution in [0.2, 0.25) is 0 Å². The third-order valence-electron chi connectivity index (χ3n) is 2.51. The molecule has 1 heterocycles. The second-order valence-corrected chi connectivity index (χ2v) is 5.85. The Kier molecular flexibility index (Phi) is 4.24. The zero-order chi connectivity index (χ0) is 13.1. The summed E-state index contributed by atoms with van der Waals surface area (Å²) in [7, 11) is 0. The number of benzene rings is 1. The van der Waals surface area contributed by atoms with Crippen molar-refractivity contribution in [1.82, 2.24) is 9.97 Å². The highest BCUT2D eigenvalue weighted by atomic mass is 79.9. The fraction of sp³-hybridized carbons (Fsp3) is 0.231. The first-order valence-electron chi connectivity index (χ1n) is 5.66. The molecule has 5 heteroatoms. The molecule has 0 amide bonds. The summed E-state index contributed by atoms with van der Waals surface area (Å²) in [5.41, 5.74) is 6.85. The average molecular weight is 324 g/mol. The predicted molar refractivity (Wildman–Crippen MR) is 78.8 cm³/mol. The first-order valence-corrected chi connectivity index (χ1v) is 7.27. The molecule has 0 spiro atoms. The van der Waals surface area contributed by atoms with Gasteiger partial charge in [0.2, 0.25) is 0 Å². The first kappa shape index (κ1) is 13.4. The van der Waals surface area contributed by atoms with Crippen LogP contribution in [0.5, 0.6) is 0 Å². The third-order valence-corrected chi connectivity index (χ3v) is 4.09. The van der Waals surface area contributed by atoms with Gasteiger partial charge in [-0.05, 0) is 25.1 Å². The van der Waals surface area contributed by atoms with Gasteiger partial charge < -0.3 is 5.73 Å². The van der Waals surface area contributed by atoms with Crippen molar-refractivity contribution < 1.29 is 0 Å². The van der Waals surface area contributed by atoms with Gasteiger partial charge in [0.25, 0.3) is 0 Å². The van der Waals surface area contributed by atoms with E-state index in [4.69, 9.17) is 5.73 Å². The number of anilines is 1. The van der Waals surface area contributed by atoms with Crippen LogP contribution in [0.1, 0.15) is 18.3 Å². The number of hydrogen-bond acceptors (Lipinski definition) is 4. The molecule has 0 atom stereocenters. The molecule has 0 saturated carbocycles. The molecular weight excluding hydrogens is 310 g/mol. The minimum absolute atomic E-state index is 0.569. The molecule has 1 aromatic carbocycles. The Morgan fingerprint density at radius 2 is 2.11 bits per heavy atom. The maximum atomic E-state index is 5.91. The van der Waals surface area contributed by atoms with Crippen LogP contribution < -0.4 is 5.73 Å². The number of aromatic nitrogens is 2. The van der Waals surface area contributed by atoms with E-state index in [1.54, 1.807) is 11.8 Å². The highest BCUT2D eigenvalue weighted by Gasteiger charge is 2.09. The van der Waals surface area contributed by atoms with Gasteiger partial charge in [-0.25, -0.2) is 9.97 Å². The van der Waals surface area contributed by atoms with E-state index in [2.05, 4.69) is 38.0 Å². The zero-order valence-electron chi connectivity index (χ0n) is 10.3. The van der Waals surface area contributed by atoms with Crippen LogP contribution >= 0.6 is 27.7 Å². The lowest BCUT2D eigenvalue weighted by molar-refractivity contribution is 0.878. The Hall–Kier alpha value is -1.07. The van der Waals surface area contributed by atoms with Crippen molar-refractivity contribution in [2.24, 2.45) is 0 Å². The monoisotopic (exact) mass is 323 g/mol. The number of hydrogen-bond donors (Lipinski definition) is 1. The van der Waals surface area contributed by atoms with E-state index in [1.807, 2.05) is 26.0 Å². The van der Waals surface area contributed by atoms with E-state index < -0.39 is 0 Å². The van der Waals surface area contributed by atoms with E-state index in [9.17, 15) is 0 Å². The van der Waals surface area contributed by atoms with Crippen molar-refractivity contribution in [2.45, 2.75) is 30.2 Å². The summed E-state index contributed by atoms with van der Waals surface area (Å²) in [6, 6.07) is 8.13. The van der Waals surface area contributed by atoms with E-state index in [0.29, 0.717) is 5.82 Å². The molecule has 0 fully saturated rings. The molecule has 2 rings (SSSR count). The SMILES string of the molecule is CCc1nc(N)c(C)c(Sc2cccc(Br)c2)n1. The highest BCUT2D eigenvalue weighted by Crippen LogP contribution is 2.31. The lowest BCUT2D eigenvalue weighted by Gasteiger charge is -2.09. The molecule has 94 valence electrons. The van der Waals surface area contributed by atoms with Gasteiger partial charge in [0, 0.05) is 21.4 Å². The average Bonchev–Trinajstić information content (AvgIpc) is 2.34. The second kappa shape index (κ2) is 5.71. The van der Waals surface area contributed by atoms with Crippen molar-refractivity contribution in [2.75, 3.05) is 5.73 Å². The van der Waals surface area contributed by atoms with Crippen LogP contribution in [0.25, 0.3) is 0 Å². The van der Waals surface area contributed by atoms with Crippen molar-refractivity contribution in [1.29, 1.82) is 0 Å². The van der Waals surface area contributed by atoms with Crippen LogP contribution in [0.4, 0.5) is 5.82 Å². The van der Waals surface area contributed by atoms with E-state index in [0.717, 1.165) is 32.2 Å².